The maximum absolute atomic E-state index is 13.7. The van der Waals surface area contributed by atoms with Crippen molar-refractivity contribution in [1.82, 2.24) is 0 Å². The fraction of sp³-hybridized carbons (Fsp3) is 0.423. The summed E-state index contributed by atoms with van der Waals surface area (Å²) in [6.07, 6.45) is 3.03. The number of para-hydroxylation sites is 2. The molecule has 0 N–H and O–H groups in total. The van der Waals surface area contributed by atoms with Crippen LogP contribution in [0, 0.1) is 17.3 Å². The van der Waals surface area contributed by atoms with Crippen molar-refractivity contribution in [1.29, 1.82) is 0 Å². The zero-order chi connectivity index (χ0) is 21.8. The number of rotatable bonds is 3. The van der Waals surface area contributed by atoms with Crippen molar-refractivity contribution in [2.24, 2.45) is 22.2 Å². The molecule has 0 aromatic heterocycles. The molecule has 2 saturated carbocycles. The predicted octanol–water partition coefficient (Wildman–Crippen LogP) is 5.27. The van der Waals surface area contributed by atoms with Crippen molar-refractivity contribution in [3.05, 3.63) is 54.1 Å². The second-order valence-corrected chi connectivity index (χ2v) is 9.76. The van der Waals surface area contributed by atoms with E-state index in [0.29, 0.717) is 6.42 Å². The lowest BCUT2D eigenvalue weighted by Crippen LogP contribution is -2.47. The highest BCUT2D eigenvalue weighted by Crippen LogP contribution is 2.50. The van der Waals surface area contributed by atoms with Crippen molar-refractivity contribution in [3.8, 4) is 5.75 Å². The van der Waals surface area contributed by atoms with Crippen LogP contribution in [0.3, 0.4) is 0 Å². The lowest BCUT2D eigenvalue weighted by Gasteiger charge is -2.41. The molecule has 0 bridgehead atoms. The Morgan fingerprint density at radius 2 is 1.87 bits per heavy atom. The van der Waals surface area contributed by atoms with Crippen molar-refractivity contribution in [2.45, 2.75) is 45.6 Å². The van der Waals surface area contributed by atoms with E-state index >= 15 is 0 Å². The van der Waals surface area contributed by atoms with Gasteiger partial charge in [0.25, 0.3) is 0 Å². The largest absolute Gasteiger partial charge is 0.497 e. The zero-order valence-electron chi connectivity index (χ0n) is 18.3. The number of hydrogen-bond acceptors (Lipinski definition) is 4. The number of fused-ring (bicyclic) bond motifs is 2. The molecule has 2 aliphatic carbocycles. The van der Waals surface area contributed by atoms with Crippen LogP contribution in [0.4, 0.5) is 11.4 Å². The van der Waals surface area contributed by atoms with Crippen molar-refractivity contribution >= 4 is 28.8 Å². The average Bonchev–Trinajstić information content (AvgIpc) is 3.58. The Morgan fingerprint density at radius 3 is 2.61 bits per heavy atom. The van der Waals surface area contributed by atoms with Gasteiger partial charge < -0.3 is 9.64 Å². The van der Waals surface area contributed by atoms with Gasteiger partial charge in [-0.3, -0.25) is 14.6 Å². The van der Waals surface area contributed by atoms with E-state index in [2.05, 4.69) is 13.8 Å². The maximum Gasteiger partial charge on any atom is 0.230 e. The minimum absolute atomic E-state index is 0.0258. The number of Topliss-reactive ketones (excluding diaryl/α,β-unsaturated/α-hetero) is 1. The van der Waals surface area contributed by atoms with Crippen molar-refractivity contribution < 1.29 is 14.3 Å². The van der Waals surface area contributed by atoms with Crippen LogP contribution in [0.25, 0.3) is 0 Å². The van der Waals surface area contributed by atoms with Crippen LogP contribution < -0.4 is 9.64 Å². The lowest BCUT2D eigenvalue weighted by molar-refractivity contribution is -0.125. The number of ether oxygens (including phenoxy) is 1. The monoisotopic (exact) mass is 416 g/mol. The van der Waals surface area contributed by atoms with Crippen molar-refractivity contribution in [3.63, 3.8) is 0 Å². The van der Waals surface area contributed by atoms with E-state index in [0.717, 1.165) is 47.7 Å². The van der Waals surface area contributed by atoms with Gasteiger partial charge in [-0.25, -0.2) is 0 Å². The van der Waals surface area contributed by atoms with Crippen LogP contribution in [0.15, 0.2) is 53.5 Å². The molecule has 5 heteroatoms. The summed E-state index contributed by atoms with van der Waals surface area (Å²) in [6, 6.07) is 15.1. The van der Waals surface area contributed by atoms with E-state index < -0.39 is 12.0 Å². The summed E-state index contributed by atoms with van der Waals surface area (Å²) in [7, 11) is 1.63. The molecule has 0 saturated heterocycles. The standard InChI is InChI=1S/C26H28N2O3/c1-26(2)14-20-23(22(29)15-26)24(17-7-6-8-18(13-17)31-3)28(25(30)16-11-12-16)21-10-5-4-9-19(21)27-20/h4-10,13,16,23-24H,11-12,14-15H2,1-3H3. The average molecular weight is 417 g/mol. The molecule has 31 heavy (non-hydrogen) atoms. The van der Waals surface area contributed by atoms with Gasteiger partial charge in [0.05, 0.1) is 30.4 Å². The third kappa shape index (κ3) is 3.56. The molecule has 2 atom stereocenters. The molecule has 2 aromatic rings. The van der Waals surface area contributed by atoms with Gasteiger partial charge in [-0.1, -0.05) is 38.1 Å². The number of carbonyl (C=O) groups excluding carboxylic acids is 2. The lowest BCUT2D eigenvalue weighted by atomic mass is 9.68. The third-order valence-corrected chi connectivity index (χ3v) is 6.62. The number of carbonyl (C=O) groups is 2. The first-order valence-corrected chi connectivity index (χ1v) is 11.0. The summed E-state index contributed by atoms with van der Waals surface area (Å²) in [5, 5.41) is 0. The molecule has 0 radical (unpaired) electrons. The Bertz CT molecular complexity index is 1080. The smallest absolute Gasteiger partial charge is 0.230 e. The number of anilines is 1. The van der Waals surface area contributed by atoms with Gasteiger partial charge in [0, 0.05) is 18.1 Å². The first-order chi connectivity index (χ1) is 14.9. The van der Waals surface area contributed by atoms with Gasteiger partial charge >= 0.3 is 0 Å². The SMILES string of the molecule is COc1cccc(C2C3C(=O)CC(C)(C)CC3=Nc3ccccc3N2C(=O)C2CC2)c1. The molecule has 1 amide bonds. The number of amides is 1. The van der Waals surface area contributed by atoms with Crippen molar-refractivity contribution in [2.75, 3.05) is 12.0 Å². The zero-order valence-corrected chi connectivity index (χ0v) is 18.3. The predicted molar refractivity (Wildman–Crippen MR) is 121 cm³/mol. The van der Waals surface area contributed by atoms with E-state index in [4.69, 9.17) is 9.73 Å². The van der Waals surface area contributed by atoms with E-state index in [-0.39, 0.29) is 23.0 Å². The first-order valence-electron chi connectivity index (χ1n) is 11.0. The van der Waals surface area contributed by atoms with Gasteiger partial charge in [-0.15, -0.1) is 0 Å². The molecular formula is C26H28N2O3. The normalized spacial score (nSPS) is 24.5. The van der Waals surface area contributed by atoms with E-state index in [1.807, 2.05) is 53.4 Å². The Morgan fingerprint density at radius 1 is 1.10 bits per heavy atom. The van der Waals surface area contributed by atoms with E-state index in [1.165, 1.54) is 0 Å². The van der Waals surface area contributed by atoms with Gasteiger partial charge in [-0.05, 0) is 54.5 Å². The minimum atomic E-state index is -0.449. The molecule has 3 aliphatic rings. The molecular weight excluding hydrogens is 388 g/mol. The van der Waals surface area contributed by atoms with Crippen LogP contribution in [0.5, 0.6) is 5.75 Å². The molecule has 2 fully saturated rings. The molecule has 5 rings (SSSR count). The van der Waals surface area contributed by atoms with Gasteiger partial charge in [0.2, 0.25) is 5.91 Å². The maximum atomic E-state index is 13.7. The molecule has 1 heterocycles. The summed E-state index contributed by atoms with van der Waals surface area (Å²) in [5.74, 6) is 0.544. The Kier molecular flexibility index (Phi) is 4.72. The van der Waals surface area contributed by atoms with Crippen LogP contribution >= 0.6 is 0 Å². The highest BCUT2D eigenvalue weighted by atomic mass is 16.5. The Labute approximate surface area is 183 Å². The highest BCUT2D eigenvalue weighted by molar-refractivity contribution is 6.13. The number of hydrogen-bond donors (Lipinski definition) is 0. The molecule has 2 aromatic carbocycles. The van der Waals surface area contributed by atoms with Crippen LogP contribution in [0.1, 0.15) is 51.1 Å². The molecule has 2 unspecified atom stereocenters. The topological polar surface area (TPSA) is 59.0 Å². The number of methoxy groups -OCH3 is 1. The van der Waals surface area contributed by atoms with Gasteiger partial charge in [0.1, 0.15) is 11.5 Å². The quantitative estimate of drug-likeness (QED) is 0.685. The second kappa shape index (κ2) is 7.33. The number of nitrogens with zero attached hydrogens (tertiary/aromatic N) is 2. The minimum Gasteiger partial charge on any atom is -0.497 e. The highest BCUT2D eigenvalue weighted by Gasteiger charge is 2.49. The number of aliphatic imine (C=N–C) groups is 1. The van der Waals surface area contributed by atoms with Crippen LogP contribution in [-0.2, 0) is 9.59 Å². The van der Waals surface area contributed by atoms with Crippen LogP contribution in [0.2, 0.25) is 0 Å². The summed E-state index contributed by atoms with van der Waals surface area (Å²) in [6.45, 7) is 4.24. The van der Waals surface area contributed by atoms with E-state index in [9.17, 15) is 9.59 Å². The molecule has 0 spiro atoms. The molecule has 160 valence electrons. The number of benzene rings is 2. The van der Waals surface area contributed by atoms with Crippen LogP contribution in [-0.4, -0.2) is 24.5 Å². The second-order valence-electron chi connectivity index (χ2n) is 9.76. The first kappa shape index (κ1) is 20.0. The van der Waals surface area contributed by atoms with Gasteiger partial charge in [-0.2, -0.15) is 0 Å². The summed E-state index contributed by atoms with van der Waals surface area (Å²) >= 11 is 0. The van der Waals surface area contributed by atoms with E-state index in [1.54, 1.807) is 7.11 Å². The summed E-state index contributed by atoms with van der Waals surface area (Å²) < 4.78 is 5.48. The molecule has 1 aliphatic heterocycles. The molecule has 5 nitrogen and oxygen atoms in total. The van der Waals surface area contributed by atoms with Gasteiger partial charge in [0.15, 0.2) is 0 Å². The summed E-state index contributed by atoms with van der Waals surface area (Å²) in [5.41, 5.74) is 3.21. The summed E-state index contributed by atoms with van der Waals surface area (Å²) in [4.78, 5) is 34.1. The third-order valence-electron chi connectivity index (χ3n) is 6.62. The Balaban J connectivity index is 1.75. The Hall–Kier alpha value is -2.95. The number of ketones is 1. The fourth-order valence-electron chi connectivity index (χ4n) is 5.06. The fourth-order valence-corrected chi connectivity index (χ4v) is 5.06.